The van der Waals surface area contributed by atoms with E-state index in [1.165, 1.54) is 18.2 Å². The van der Waals surface area contributed by atoms with Crippen molar-refractivity contribution in [3.63, 3.8) is 0 Å². The van der Waals surface area contributed by atoms with Crippen LogP contribution in [0.2, 0.25) is 0 Å². The van der Waals surface area contributed by atoms with Crippen LogP contribution in [0.25, 0.3) is 6.08 Å². The number of benzene rings is 2. The molecule has 2 aromatic rings. The molecule has 2 aromatic carbocycles. The van der Waals surface area contributed by atoms with Gasteiger partial charge in [0.15, 0.2) is 0 Å². The lowest BCUT2D eigenvalue weighted by Crippen LogP contribution is -2.40. The van der Waals surface area contributed by atoms with Crippen LogP contribution >= 0.6 is 0 Å². The second-order valence-electron chi connectivity index (χ2n) is 5.92. The van der Waals surface area contributed by atoms with Gasteiger partial charge in [-0.25, -0.2) is 8.42 Å². The standard InChI is InChI=1S/C19H20N2O4S/c1-25-17-8-6-16(7-9-17)20-26(23,24)18-10-3-15(4-11-18)5-12-19(22)21-13-2-14-21/h3-12,20H,2,13-14H2,1H3/b12-5+. The molecule has 3 rings (SSSR count). The summed E-state index contributed by atoms with van der Waals surface area (Å²) in [7, 11) is -2.13. The third-order valence-corrected chi connectivity index (χ3v) is 5.52. The summed E-state index contributed by atoms with van der Waals surface area (Å²) in [5.41, 5.74) is 1.22. The molecule has 7 heteroatoms. The molecule has 1 N–H and O–H groups in total. The molecule has 1 heterocycles. The van der Waals surface area contributed by atoms with Crippen LogP contribution in [-0.4, -0.2) is 39.4 Å². The molecule has 1 fully saturated rings. The van der Waals surface area contributed by atoms with Crippen molar-refractivity contribution in [3.8, 4) is 5.75 Å². The number of rotatable bonds is 6. The Balaban J connectivity index is 1.67. The minimum Gasteiger partial charge on any atom is -0.497 e. The highest BCUT2D eigenvalue weighted by atomic mass is 32.2. The molecular weight excluding hydrogens is 352 g/mol. The molecule has 136 valence electrons. The Bertz CT molecular complexity index is 900. The van der Waals surface area contributed by atoms with Crippen molar-refractivity contribution >= 4 is 27.7 Å². The monoisotopic (exact) mass is 372 g/mol. The minimum absolute atomic E-state index is 0.0193. The highest BCUT2D eigenvalue weighted by Gasteiger charge is 2.17. The Morgan fingerprint density at radius 2 is 1.73 bits per heavy atom. The summed E-state index contributed by atoms with van der Waals surface area (Å²) in [5.74, 6) is 0.631. The largest absolute Gasteiger partial charge is 0.497 e. The summed E-state index contributed by atoms with van der Waals surface area (Å²) >= 11 is 0. The second kappa shape index (κ2) is 7.61. The number of carbonyl (C=O) groups is 1. The Kier molecular flexibility index (Phi) is 5.27. The van der Waals surface area contributed by atoms with Gasteiger partial charge in [0, 0.05) is 24.9 Å². The van der Waals surface area contributed by atoms with Crippen LogP contribution < -0.4 is 9.46 Å². The molecule has 0 aromatic heterocycles. The first kappa shape index (κ1) is 18.0. The van der Waals surface area contributed by atoms with Crippen molar-refractivity contribution in [2.75, 3.05) is 24.9 Å². The SMILES string of the molecule is COc1ccc(NS(=O)(=O)c2ccc(/C=C/C(=O)N3CCC3)cc2)cc1. The molecule has 1 aliphatic rings. The van der Waals surface area contributed by atoms with Gasteiger partial charge >= 0.3 is 0 Å². The first-order chi connectivity index (χ1) is 12.5. The molecule has 1 aliphatic heterocycles. The van der Waals surface area contributed by atoms with Crippen molar-refractivity contribution in [3.05, 3.63) is 60.2 Å². The number of nitrogens with one attached hydrogen (secondary N) is 1. The van der Waals surface area contributed by atoms with E-state index in [0.717, 1.165) is 25.1 Å². The lowest BCUT2D eigenvalue weighted by Gasteiger charge is -2.29. The molecule has 0 spiro atoms. The van der Waals surface area contributed by atoms with E-state index >= 15 is 0 Å². The summed E-state index contributed by atoms with van der Waals surface area (Å²) < 4.78 is 32.5. The normalized spacial score (nSPS) is 14.1. The van der Waals surface area contributed by atoms with Gasteiger partial charge in [0.1, 0.15) is 5.75 Å². The van der Waals surface area contributed by atoms with Gasteiger partial charge in [-0.1, -0.05) is 12.1 Å². The summed E-state index contributed by atoms with van der Waals surface area (Å²) in [6, 6.07) is 13.0. The van der Waals surface area contributed by atoms with Crippen molar-refractivity contribution in [1.29, 1.82) is 0 Å². The third kappa shape index (κ3) is 4.23. The molecule has 0 bridgehead atoms. The van der Waals surface area contributed by atoms with E-state index < -0.39 is 10.0 Å². The predicted octanol–water partition coefficient (Wildman–Crippen LogP) is 2.74. The smallest absolute Gasteiger partial charge is 0.261 e. The van der Waals surface area contributed by atoms with Gasteiger partial charge in [-0.3, -0.25) is 9.52 Å². The molecule has 0 radical (unpaired) electrons. The summed E-state index contributed by atoms with van der Waals surface area (Å²) in [5, 5.41) is 0. The van der Waals surface area contributed by atoms with E-state index in [-0.39, 0.29) is 10.8 Å². The highest BCUT2D eigenvalue weighted by molar-refractivity contribution is 7.92. The quantitative estimate of drug-likeness (QED) is 0.791. The summed E-state index contributed by atoms with van der Waals surface area (Å²) in [6.07, 6.45) is 4.25. The first-order valence-electron chi connectivity index (χ1n) is 8.22. The van der Waals surface area contributed by atoms with Gasteiger partial charge < -0.3 is 9.64 Å². The fourth-order valence-corrected chi connectivity index (χ4v) is 3.50. The van der Waals surface area contributed by atoms with Gasteiger partial charge in [0.25, 0.3) is 10.0 Å². The Morgan fingerprint density at radius 3 is 2.27 bits per heavy atom. The number of ether oxygens (including phenoxy) is 1. The van der Waals surface area contributed by atoms with E-state index in [9.17, 15) is 13.2 Å². The highest BCUT2D eigenvalue weighted by Crippen LogP contribution is 2.20. The van der Waals surface area contributed by atoms with E-state index in [1.807, 2.05) is 0 Å². The van der Waals surface area contributed by atoms with Crippen LogP contribution in [0.3, 0.4) is 0 Å². The molecule has 0 saturated carbocycles. The van der Waals surface area contributed by atoms with Crippen LogP contribution in [0, 0.1) is 0 Å². The number of anilines is 1. The zero-order valence-corrected chi connectivity index (χ0v) is 15.2. The number of carbonyl (C=O) groups excluding carboxylic acids is 1. The number of sulfonamides is 1. The van der Waals surface area contributed by atoms with Gasteiger partial charge in [-0.2, -0.15) is 0 Å². The number of hydrogen-bond acceptors (Lipinski definition) is 4. The zero-order valence-electron chi connectivity index (χ0n) is 14.4. The van der Waals surface area contributed by atoms with Gasteiger partial charge in [-0.15, -0.1) is 0 Å². The van der Waals surface area contributed by atoms with E-state index in [2.05, 4.69) is 4.72 Å². The van der Waals surface area contributed by atoms with Crippen LogP contribution in [0.4, 0.5) is 5.69 Å². The zero-order chi connectivity index (χ0) is 18.6. The van der Waals surface area contributed by atoms with E-state index in [1.54, 1.807) is 54.5 Å². The Morgan fingerprint density at radius 1 is 1.08 bits per heavy atom. The van der Waals surface area contributed by atoms with E-state index in [4.69, 9.17) is 4.74 Å². The third-order valence-electron chi connectivity index (χ3n) is 4.12. The average molecular weight is 372 g/mol. The second-order valence-corrected chi connectivity index (χ2v) is 7.60. The first-order valence-corrected chi connectivity index (χ1v) is 9.70. The Hall–Kier alpha value is -2.80. The molecule has 26 heavy (non-hydrogen) atoms. The summed E-state index contributed by atoms with van der Waals surface area (Å²) in [4.78, 5) is 13.7. The molecule has 0 atom stereocenters. The number of nitrogens with zero attached hydrogens (tertiary/aromatic N) is 1. The number of hydrogen-bond donors (Lipinski definition) is 1. The van der Waals surface area contributed by atoms with Crippen molar-refractivity contribution in [2.45, 2.75) is 11.3 Å². The maximum Gasteiger partial charge on any atom is 0.261 e. The number of methoxy groups -OCH3 is 1. The maximum absolute atomic E-state index is 12.4. The lowest BCUT2D eigenvalue weighted by molar-refractivity contribution is -0.129. The lowest BCUT2D eigenvalue weighted by atomic mass is 10.2. The fraction of sp³-hybridized carbons (Fsp3) is 0.211. The fourth-order valence-electron chi connectivity index (χ4n) is 2.44. The predicted molar refractivity (Wildman–Crippen MR) is 100 cm³/mol. The van der Waals surface area contributed by atoms with Crippen LogP contribution in [0.15, 0.2) is 59.5 Å². The molecule has 6 nitrogen and oxygen atoms in total. The topological polar surface area (TPSA) is 75.7 Å². The van der Waals surface area contributed by atoms with Crippen LogP contribution in [-0.2, 0) is 14.8 Å². The van der Waals surface area contributed by atoms with Crippen LogP contribution in [0.1, 0.15) is 12.0 Å². The van der Waals surface area contributed by atoms with E-state index in [0.29, 0.717) is 11.4 Å². The average Bonchev–Trinajstić information content (AvgIpc) is 2.59. The molecule has 0 aliphatic carbocycles. The molecule has 1 saturated heterocycles. The van der Waals surface area contributed by atoms with Gasteiger partial charge in [0.05, 0.1) is 12.0 Å². The van der Waals surface area contributed by atoms with Crippen molar-refractivity contribution < 1.29 is 17.9 Å². The van der Waals surface area contributed by atoms with Gasteiger partial charge in [-0.05, 0) is 54.5 Å². The number of likely N-dealkylation sites (tertiary alicyclic amines) is 1. The number of amides is 1. The molecular formula is C19H20N2O4S. The van der Waals surface area contributed by atoms with Crippen LogP contribution in [0.5, 0.6) is 5.75 Å². The van der Waals surface area contributed by atoms with Crippen molar-refractivity contribution in [2.24, 2.45) is 0 Å². The molecule has 0 unspecified atom stereocenters. The van der Waals surface area contributed by atoms with Crippen molar-refractivity contribution in [1.82, 2.24) is 4.90 Å². The Labute approximate surface area is 153 Å². The molecule has 1 amide bonds. The summed E-state index contributed by atoms with van der Waals surface area (Å²) in [6.45, 7) is 1.61. The minimum atomic E-state index is -3.68. The van der Waals surface area contributed by atoms with Gasteiger partial charge in [0.2, 0.25) is 5.91 Å². The maximum atomic E-state index is 12.4.